The van der Waals surface area contributed by atoms with Gasteiger partial charge in [0.2, 0.25) is 5.95 Å². The zero-order valence-electron chi connectivity index (χ0n) is 19.7. The van der Waals surface area contributed by atoms with E-state index in [0.717, 1.165) is 18.6 Å². The first-order valence-electron chi connectivity index (χ1n) is 11.6. The zero-order chi connectivity index (χ0) is 26.7. The standard InChI is InChI=1S/C22H24F5N7O3/c1-12(31-15-10-30-32-19(35)17(15)18(23)24)11-37-16-4-7-34(20(16)36)14-2-5-33(6-3-14)21-28-8-13(9-29-21)22(25,26)27/h8-10,12,14,16H,2-7,11H2,1H3,(H,32,35)/t12-,16-/m0/s1. The van der Waals surface area contributed by atoms with Crippen LogP contribution in [-0.4, -0.2) is 83.0 Å². The van der Waals surface area contributed by atoms with Crippen molar-refractivity contribution in [2.75, 3.05) is 31.1 Å². The van der Waals surface area contributed by atoms with Crippen LogP contribution >= 0.6 is 0 Å². The Kier molecular flexibility index (Phi) is 7.80. The van der Waals surface area contributed by atoms with Crippen molar-refractivity contribution in [1.29, 1.82) is 0 Å². The summed E-state index contributed by atoms with van der Waals surface area (Å²) in [5, 5.41) is 3.49. The summed E-state index contributed by atoms with van der Waals surface area (Å²) in [7, 11) is 0. The monoisotopic (exact) mass is 529 g/mol. The molecule has 200 valence electrons. The number of aromatic nitrogens is 2. The van der Waals surface area contributed by atoms with Crippen LogP contribution in [0.1, 0.15) is 31.7 Å². The number of amides is 2. The Labute approximate surface area is 208 Å². The van der Waals surface area contributed by atoms with E-state index in [1.54, 1.807) is 16.7 Å². The van der Waals surface area contributed by atoms with E-state index < -0.39 is 41.4 Å². The summed E-state index contributed by atoms with van der Waals surface area (Å²) in [6, 6.07) is -0.669. The minimum Gasteiger partial charge on any atom is -0.366 e. The molecule has 1 aromatic rings. The number of carbonyl (C=O) groups excluding carboxylic acids is 2. The number of hydrogen-bond donors (Lipinski definition) is 1. The summed E-state index contributed by atoms with van der Waals surface area (Å²) >= 11 is 0. The van der Waals surface area contributed by atoms with Gasteiger partial charge in [-0.2, -0.15) is 27.1 Å². The molecule has 0 radical (unpaired) electrons. The van der Waals surface area contributed by atoms with Gasteiger partial charge in [0.05, 0.1) is 30.1 Å². The third-order valence-corrected chi connectivity index (χ3v) is 6.27. The average molecular weight is 529 g/mol. The molecule has 0 aliphatic carbocycles. The molecule has 2 fully saturated rings. The number of alkyl halides is 3. The number of carbonyl (C=O) groups is 2. The van der Waals surface area contributed by atoms with E-state index >= 15 is 0 Å². The lowest BCUT2D eigenvalue weighted by atomic mass is 10.0. The number of rotatable bonds is 6. The molecule has 2 amide bonds. The van der Waals surface area contributed by atoms with Gasteiger partial charge in [-0.3, -0.25) is 14.6 Å². The van der Waals surface area contributed by atoms with Crippen molar-refractivity contribution < 1.29 is 36.3 Å². The van der Waals surface area contributed by atoms with Crippen LogP contribution < -0.4 is 10.3 Å². The van der Waals surface area contributed by atoms with Gasteiger partial charge in [-0.25, -0.2) is 15.4 Å². The Hall–Kier alpha value is -3.49. The Balaban J connectivity index is 1.27. The molecule has 1 aromatic heterocycles. The maximum atomic E-state index is 13.1. The topological polar surface area (TPSA) is 112 Å². The van der Waals surface area contributed by atoms with Crippen molar-refractivity contribution in [3.63, 3.8) is 0 Å². The minimum absolute atomic E-state index is 0.0197. The summed E-state index contributed by atoms with van der Waals surface area (Å²) in [4.78, 5) is 39.8. The molecule has 0 spiro atoms. The number of anilines is 1. The van der Waals surface area contributed by atoms with Crippen molar-refractivity contribution in [1.82, 2.24) is 20.3 Å². The maximum Gasteiger partial charge on any atom is 0.419 e. The second-order valence-corrected chi connectivity index (χ2v) is 8.83. The Morgan fingerprint density at radius 1 is 1.16 bits per heavy atom. The summed E-state index contributed by atoms with van der Waals surface area (Å²) in [6.07, 6.45) is -3.19. The molecule has 0 saturated carbocycles. The summed E-state index contributed by atoms with van der Waals surface area (Å²) in [6.45, 7) is 3.04. The molecule has 0 unspecified atom stereocenters. The highest BCUT2D eigenvalue weighted by molar-refractivity contribution is 6.47. The molecule has 10 nitrogen and oxygen atoms in total. The number of piperidine rings is 1. The lowest BCUT2D eigenvalue weighted by Crippen LogP contribution is -2.47. The van der Waals surface area contributed by atoms with E-state index in [9.17, 15) is 31.5 Å². The first-order valence-corrected chi connectivity index (χ1v) is 11.6. The van der Waals surface area contributed by atoms with E-state index in [2.05, 4.69) is 20.1 Å². The quantitative estimate of drug-likeness (QED) is 0.447. The van der Waals surface area contributed by atoms with Gasteiger partial charge >= 0.3 is 6.18 Å². The predicted molar refractivity (Wildman–Crippen MR) is 121 cm³/mol. The molecule has 37 heavy (non-hydrogen) atoms. The average Bonchev–Trinajstić information content (AvgIpc) is 3.22. The van der Waals surface area contributed by atoms with Gasteiger partial charge < -0.3 is 14.5 Å². The van der Waals surface area contributed by atoms with E-state index in [0.29, 0.717) is 38.9 Å². The van der Waals surface area contributed by atoms with E-state index in [4.69, 9.17) is 4.74 Å². The highest BCUT2D eigenvalue weighted by atomic mass is 19.4. The van der Waals surface area contributed by atoms with Crippen LogP contribution in [0.3, 0.4) is 0 Å². The molecule has 0 bridgehead atoms. The van der Waals surface area contributed by atoms with E-state index in [-0.39, 0.29) is 30.2 Å². The van der Waals surface area contributed by atoms with E-state index in [1.165, 1.54) is 0 Å². The second kappa shape index (κ2) is 10.9. The molecular weight excluding hydrogens is 505 g/mol. The van der Waals surface area contributed by atoms with Crippen LogP contribution in [0, 0.1) is 0 Å². The van der Waals surface area contributed by atoms with Crippen LogP contribution in [0.4, 0.5) is 27.9 Å². The highest BCUT2D eigenvalue weighted by Gasteiger charge is 2.38. The van der Waals surface area contributed by atoms with Gasteiger partial charge in [0.15, 0.2) is 0 Å². The van der Waals surface area contributed by atoms with Crippen LogP contribution in [0.15, 0.2) is 34.1 Å². The molecule has 3 aliphatic rings. The molecule has 15 heteroatoms. The summed E-state index contributed by atoms with van der Waals surface area (Å²) in [5.74, 6) is -1.02. The number of ether oxygens (including phenoxy) is 1. The zero-order valence-corrected chi connectivity index (χ0v) is 19.7. The first-order chi connectivity index (χ1) is 17.5. The third kappa shape index (κ3) is 6.09. The number of nitrogens with zero attached hydrogens (tertiary/aromatic N) is 6. The van der Waals surface area contributed by atoms with Crippen LogP contribution in [0.5, 0.6) is 0 Å². The normalized spacial score (nSPS) is 23.1. The predicted octanol–water partition coefficient (Wildman–Crippen LogP) is 2.18. The van der Waals surface area contributed by atoms with Crippen molar-refractivity contribution in [2.45, 2.75) is 50.6 Å². The van der Waals surface area contributed by atoms with Gasteiger partial charge in [0.1, 0.15) is 11.7 Å². The first kappa shape index (κ1) is 26.6. The van der Waals surface area contributed by atoms with Crippen LogP contribution in [0.2, 0.25) is 0 Å². The van der Waals surface area contributed by atoms with Crippen LogP contribution in [0.25, 0.3) is 0 Å². The lowest BCUT2D eigenvalue weighted by molar-refractivity contribution is -0.139. The fraction of sp³-hybridized carbons (Fsp3) is 0.545. The van der Waals surface area contributed by atoms with Crippen LogP contribution in [-0.2, 0) is 20.5 Å². The molecule has 3 aliphatic heterocycles. The number of likely N-dealkylation sites (tertiary alicyclic amines) is 1. The largest absolute Gasteiger partial charge is 0.419 e. The Morgan fingerprint density at radius 3 is 2.46 bits per heavy atom. The minimum atomic E-state index is -4.50. The summed E-state index contributed by atoms with van der Waals surface area (Å²) in [5.41, 5.74) is -0.0885. The molecule has 1 N–H and O–H groups in total. The maximum absolute atomic E-state index is 13.1. The Morgan fingerprint density at radius 2 is 1.84 bits per heavy atom. The van der Waals surface area contributed by atoms with Crippen molar-refractivity contribution in [3.8, 4) is 0 Å². The van der Waals surface area contributed by atoms with Crippen molar-refractivity contribution in [2.24, 2.45) is 10.1 Å². The van der Waals surface area contributed by atoms with Crippen molar-refractivity contribution >= 4 is 29.7 Å². The van der Waals surface area contributed by atoms with E-state index in [1.807, 2.05) is 5.43 Å². The highest BCUT2D eigenvalue weighted by Crippen LogP contribution is 2.29. The van der Waals surface area contributed by atoms with Gasteiger partial charge in [-0.1, -0.05) is 0 Å². The summed E-state index contributed by atoms with van der Waals surface area (Å²) < 4.78 is 70.1. The lowest BCUT2D eigenvalue weighted by Gasteiger charge is -2.36. The molecule has 4 rings (SSSR count). The fourth-order valence-electron chi connectivity index (χ4n) is 4.40. The number of aliphatic imine (C=N–C) groups is 1. The molecule has 2 atom stereocenters. The van der Waals surface area contributed by atoms with Crippen molar-refractivity contribution in [3.05, 3.63) is 29.6 Å². The van der Waals surface area contributed by atoms with Gasteiger partial charge in [0.25, 0.3) is 17.9 Å². The number of nitrogens with one attached hydrogen (secondary N) is 1. The second-order valence-electron chi connectivity index (χ2n) is 8.83. The smallest absolute Gasteiger partial charge is 0.366 e. The van der Waals surface area contributed by atoms with Gasteiger partial charge in [-0.05, 0) is 19.8 Å². The molecule has 2 saturated heterocycles. The third-order valence-electron chi connectivity index (χ3n) is 6.27. The SMILES string of the molecule is C[C@@H](CO[C@H]1CCN(C2CCN(c3ncc(C(F)(F)F)cn3)CC2)C1=O)N=C1C=NNC(=O)C1=C(F)F. The molecule has 0 aromatic carbocycles. The number of hydrazone groups is 1. The fourth-order valence-corrected chi connectivity index (χ4v) is 4.40. The number of hydrogen-bond acceptors (Lipinski definition) is 8. The van der Waals surface area contributed by atoms with Gasteiger partial charge in [-0.15, -0.1) is 0 Å². The van der Waals surface area contributed by atoms with Gasteiger partial charge in [0, 0.05) is 44.5 Å². The number of halogens is 5. The Bertz CT molecular complexity index is 1110. The molecule has 4 heterocycles. The molecular formula is C22H24F5N7O3.